The quantitative estimate of drug-likeness (QED) is 0.713. The zero-order chi connectivity index (χ0) is 16.7. The van der Waals surface area contributed by atoms with Crippen LogP contribution in [-0.2, 0) is 11.2 Å². The van der Waals surface area contributed by atoms with Crippen LogP contribution in [0.25, 0.3) is 0 Å². The summed E-state index contributed by atoms with van der Waals surface area (Å²) >= 11 is 7.06. The molecule has 23 heavy (non-hydrogen) atoms. The Balaban J connectivity index is 1.68. The third-order valence-corrected chi connectivity index (χ3v) is 4.82. The van der Waals surface area contributed by atoms with Crippen LogP contribution < -0.4 is 5.32 Å². The predicted molar refractivity (Wildman–Crippen MR) is 95.3 cm³/mol. The Morgan fingerprint density at radius 2 is 1.87 bits per heavy atom. The Morgan fingerprint density at radius 3 is 2.52 bits per heavy atom. The molecule has 3 nitrogen and oxygen atoms in total. The molecule has 5 heteroatoms. The molecule has 0 bridgehead atoms. The summed E-state index contributed by atoms with van der Waals surface area (Å²) in [4.78, 5) is 24.5. The Bertz CT molecular complexity index is 654. The van der Waals surface area contributed by atoms with Crippen LogP contribution in [0.2, 0.25) is 4.34 Å². The molecule has 0 spiro atoms. The van der Waals surface area contributed by atoms with Gasteiger partial charge in [-0.3, -0.25) is 9.59 Å². The van der Waals surface area contributed by atoms with Crippen molar-refractivity contribution in [2.75, 3.05) is 0 Å². The van der Waals surface area contributed by atoms with E-state index in [2.05, 4.69) is 17.4 Å². The van der Waals surface area contributed by atoms with Gasteiger partial charge in [-0.2, -0.15) is 0 Å². The standard InChI is InChI=1S/C18H20ClNO2S/c1-13(7-8-14-5-3-2-4-6-14)20-18(22)12-9-15(21)16-10-11-17(19)23-16/h2-6,10-11,13H,7-9,12H2,1H3,(H,20,22)/t13-/m1/s1. The highest BCUT2D eigenvalue weighted by Crippen LogP contribution is 2.22. The average molecular weight is 350 g/mol. The molecule has 0 saturated heterocycles. The first-order valence-corrected chi connectivity index (χ1v) is 8.86. The Labute approximate surface area is 145 Å². The number of hydrogen-bond acceptors (Lipinski definition) is 3. The topological polar surface area (TPSA) is 46.2 Å². The van der Waals surface area contributed by atoms with Gasteiger partial charge in [-0.1, -0.05) is 41.9 Å². The van der Waals surface area contributed by atoms with Crippen molar-refractivity contribution in [3.05, 3.63) is 57.2 Å². The van der Waals surface area contributed by atoms with Gasteiger partial charge in [0.1, 0.15) is 0 Å². The first kappa shape index (κ1) is 17.7. The van der Waals surface area contributed by atoms with Crippen molar-refractivity contribution < 1.29 is 9.59 Å². The van der Waals surface area contributed by atoms with Gasteiger partial charge in [0.25, 0.3) is 0 Å². The van der Waals surface area contributed by atoms with Crippen LogP contribution >= 0.6 is 22.9 Å². The summed E-state index contributed by atoms with van der Waals surface area (Å²) in [6, 6.07) is 13.7. The van der Waals surface area contributed by atoms with E-state index in [0.29, 0.717) is 9.21 Å². The van der Waals surface area contributed by atoms with E-state index in [1.807, 2.05) is 25.1 Å². The van der Waals surface area contributed by atoms with Gasteiger partial charge in [0.15, 0.2) is 5.78 Å². The van der Waals surface area contributed by atoms with E-state index in [9.17, 15) is 9.59 Å². The van der Waals surface area contributed by atoms with E-state index in [4.69, 9.17) is 11.6 Å². The van der Waals surface area contributed by atoms with E-state index < -0.39 is 0 Å². The van der Waals surface area contributed by atoms with E-state index in [1.165, 1.54) is 16.9 Å². The maximum Gasteiger partial charge on any atom is 0.220 e. The van der Waals surface area contributed by atoms with Crippen molar-refractivity contribution in [2.24, 2.45) is 0 Å². The fourth-order valence-corrected chi connectivity index (χ4v) is 3.27. The summed E-state index contributed by atoms with van der Waals surface area (Å²) in [5.74, 6) is -0.115. The van der Waals surface area contributed by atoms with Crippen molar-refractivity contribution in [3.8, 4) is 0 Å². The fraction of sp³-hybridized carbons (Fsp3) is 0.333. The van der Waals surface area contributed by atoms with Crippen LogP contribution in [0, 0.1) is 0 Å². The number of benzene rings is 1. The molecule has 1 heterocycles. The van der Waals surface area contributed by atoms with Gasteiger partial charge in [-0.25, -0.2) is 0 Å². The second kappa shape index (κ2) is 8.85. The van der Waals surface area contributed by atoms with Crippen molar-refractivity contribution in [2.45, 2.75) is 38.6 Å². The molecule has 0 unspecified atom stereocenters. The van der Waals surface area contributed by atoms with Gasteiger partial charge >= 0.3 is 0 Å². The number of Topliss-reactive ketones (excluding diaryl/α,β-unsaturated/α-hetero) is 1. The number of ketones is 1. The summed E-state index contributed by atoms with van der Waals surface area (Å²) < 4.78 is 0.590. The summed E-state index contributed by atoms with van der Waals surface area (Å²) in [7, 11) is 0. The maximum atomic E-state index is 11.9. The molecule has 1 aromatic heterocycles. The number of carbonyl (C=O) groups excluding carboxylic acids is 2. The van der Waals surface area contributed by atoms with Crippen LogP contribution in [0.15, 0.2) is 42.5 Å². The average Bonchev–Trinajstić information content (AvgIpc) is 2.98. The van der Waals surface area contributed by atoms with Crippen molar-refractivity contribution in [1.29, 1.82) is 0 Å². The SMILES string of the molecule is C[C@H](CCc1ccccc1)NC(=O)CCC(=O)c1ccc(Cl)s1. The molecule has 0 saturated carbocycles. The molecule has 2 rings (SSSR count). The number of carbonyl (C=O) groups is 2. The minimum absolute atomic E-state index is 0.0333. The van der Waals surface area contributed by atoms with Crippen molar-refractivity contribution in [3.63, 3.8) is 0 Å². The summed E-state index contributed by atoms with van der Waals surface area (Å²) in [6.07, 6.45) is 2.23. The summed E-state index contributed by atoms with van der Waals surface area (Å²) in [5, 5.41) is 2.95. The molecule has 0 aliphatic heterocycles. The highest BCUT2D eigenvalue weighted by Gasteiger charge is 2.13. The fourth-order valence-electron chi connectivity index (χ4n) is 2.26. The van der Waals surface area contributed by atoms with E-state index >= 15 is 0 Å². The number of amides is 1. The lowest BCUT2D eigenvalue weighted by molar-refractivity contribution is -0.121. The molecule has 1 aromatic carbocycles. The second-order valence-corrected chi connectivity index (χ2v) is 7.23. The van der Waals surface area contributed by atoms with Gasteiger partial charge in [0, 0.05) is 18.9 Å². The summed E-state index contributed by atoms with van der Waals surface area (Å²) in [6.45, 7) is 1.99. The first-order valence-electron chi connectivity index (χ1n) is 7.66. The normalized spacial score (nSPS) is 11.9. The van der Waals surface area contributed by atoms with Crippen molar-refractivity contribution >= 4 is 34.6 Å². The molecule has 0 radical (unpaired) electrons. The lowest BCUT2D eigenvalue weighted by Crippen LogP contribution is -2.33. The van der Waals surface area contributed by atoms with Crippen LogP contribution in [0.5, 0.6) is 0 Å². The van der Waals surface area contributed by atoms with Gasteiger partial charge in [-0.15, -0.1) is 11.3 Å². The maximum absolute atomic E-state index is 11.9. The van der Waals surface area contributed by atoms with Crippen LogP contribution in [0.3, 0.4) is 0 Å². The number of rotatable bonds is 8. The Kier molecular flexibility index (Phi) is 6.81. The lowest BCUT2D eigenvalue weighted by Gasteiger charge is -2.13. The number of hydrogen-bond donors (Lipinski definition) is 1. The van der Waals surface area contributed by atoms with E-state index in [1.54, 1.807) is 12.1 Å². The Hall–Kier alpha value is -1.65. The molecule has 0 fully saturated rings. The van der Waals surface area contributed by atoms with E-state index in [0.717, 1.165) is 12.8 Å². The third-order valence-electron chi connectivity index (χ3n) is 3.54. The molecule has 1 amide bonds. The second-order valence-electron chi connectivity index (χ2n) is 5.52. The molecular formula is C18H20ClNO2S. The highest BCUT2D eigenvalue weighted by atomic mass is 35.5. The van der Waals surface area contributed by atoms with Crippen molar-refractivity contribution in [1.82, 2.24) is 5.32 Å². The van der Waals surface area contributed by atoms with E-state index in [-0.39, 0.29) is 30.6 Å². The van der Waals surface area contributed by atoms with Gasteiger partial charge < -0.3 is 5.32 Å². The zero-order valence-corrected chi connectivity index (χ0v) is 14.6. The molecule has 1 atom stereocenters. The predicted octanol–water partition coefficient (Wildman–Crippen LogP) is 4.50. The highest BCUT2D eigenvalue weighted by molar-refractivity contribution is 7.18. The third kappa shape index (κ3) is 6.16. The lowest BCUT2D eigenvalue weighted by atomic mass is 10.1. The monoisotopic (exact) mass is 349 g/mol. The molecule has 0 aliphatic rings. The number of halogens is 1. The Morgan fingerprint density at radius 1 is 1.13 bits per heavy atom. The van der Waals surface area contributed by atoms with Crippen LogP contribution in [-0.4, -0.2) is 17.7 Å². The van der Waals surface area contributed by atoms with Gasteiger partial charge in [0.2, 0.25) is 5.91 Å². The molecule has 2 aromatic rings. The number of thiophene rings is 1. The smallest absolute Gasteiger partial charge is 0.220 e. The first-order chi connectivity index (χ1) is 11.0. The van der Waals surface area contributed by atoms with Crippen LogP contribution in [0.4, 0.5) is 0 Å². The summed E-state index contributed by atoms with van der Waals surface area (Å²) in [5.41, 5.74) is 1.26. The molecule has 0 aliphatic carbocycles. The largest absolute Gasteiger partial charge is 0.354 e. The molecule has 1 N–H and O–H groups in total. The van der Waals surface area contributed by atoms with Gasteiger partial charge in [0.05, 0.1) is 9.21 Å². The number of nitrogens with one attached hydrogen (secondary N) is 1. The molecular weight excluding hydrogens is 330 g/mol. The van der Waals surface area contributed by atoms with Crippen LogP contribution in [0.1, 0.15) is 41.4 Å². The molecule has 122 valence electrons. The minimum atomic E-state index is -0.0819. The number of aryl methyl sites for hydroxylation is 1. The zero-order valence-electron chi connectivity index (χ0n) is 13.0. The minimum Gasteiger partial charge on any atom is -0.354 e. The van der Waals surface area contributed by atoms with Gasteiger partial charge in [-0.05, 0) is 37.5 Å².